The number of nitrogens with one attached hydrogen (secondary N) is 1. The number of thiophene rings is 1. The molecule has 0 saturated carbocycles. The van der Waals surface area contributed by atoms with Crippen molar-refractivity contribution in [3.8, 4) is 0 Å². The Morgan fingerprint density at radius 1 is 1.59 bits per heavy atom. The van der Waals surface area contributed by atoms with Gasteiger partial charge in [-0.25, -0.2) is 4.79 Å². The van der Waals surface area contributed by atoms with E-state index in [4.69, 9.17) is 0 Å². The van der Waals surface area contributed by atoms with Crippen LogP contribution in [0.25, 0.3) is 0 Å². The number of likely N-dealkylation sites (tertiary alicyclic amines) is 1. The van der Waals surface area contributed by atoms with E-state index in [2.05, 4.69) is 21.7 Å². The van der Waals surface area contributed by atoms with Crippen LogP contribution in [-0.4, -0.2) is 49.6 Å². The van der Waals surface area contributed by atoms with Crippen molar-refractivity contribution in [1.82, 2.24) is 15.1 Å². The highest BCUT2D eigenvalue weighted by Gasteiger charge is 2.22. The van der Waals surface area contributed by atoms with E-state index in [0.29, 0.717) is 6.54 Å². The lowest BCUT2D eigenvalue weighted by Crippen LogP contribution is -2.49. The average molecular weight is 253 g/mol. The normalized spacial score (nSPS) is 16.8. The molecule has 1 aromatic heterocycles. The maximum atomic E-state index is 11.7. The van der Waals surface area contributed by atoms with E-state index < -0.39 is 0 Å². The number of nitrogens with zero attached hydrogens (tertiary/aromatic N) is 2. The fourth-order valence-electron chi connectivity index (χ4n) is 1.83. The Hall–Kier alpha value is -1.07. The first-order valence-corrected chi connectivity index (χ1v) is 6.79. The number of likely N-dealkylation sites (N-methyl/N-ethyl adjacent to an activating group) is 1. The second kappa shape index (κ2) is 5.51. The van der Waals surface area contributed by atoms with Gasteiger partial charge >= 0.3 is 6.03 Å². The summed E-state index contributed by atoms with van der Waals surface area (Å²) in [5.74, 6) is 0. The van der Waals surface area contributed by atoms with Crippen LogP contribution in [0.2, 0.25) is 0 Å². The van der Waals surface area contributed by atoms with Gasteiger partial charge in [0.1, 0.15) is 0 Å². The van der Waals surface area contributed by atoms with Crippen molar-refractivity contribution < 1.29 is 4.79 Å². The third-order valence-electron chi connectivity index (χ3n) is 3.08. The van der Waals surface area contributed by atoms with E-state index in [0.717, 1.165) is 19.5 Å². The molecule has 2 rings (SSSR count). The van der Waals surface area contributed by atoms with Gasteiger partial charge in [0.15, 0.2) is 0 Å². The quantitative estimate of drug-likeness (QED) is 0.887. The highest BCUT2D eigenvalue weighted by Crippen LogP contribution is 2.22. The molecule has 1 fully saturated rings. The van der Waals surface area contributed by atoms with Crippen LogP contribution in [0.3, 0.4) is 0 Å². The summed E-state index contributed by atoms with van der Waals surface area (Å²) in [5.41, 5.74) is 0. The van der Waals surface area contributed by atoms with E-state index in [1.807, 2.05) is 25.1 Å². The molecule has 17 heavy (non-hydrogen) atoms. The molecule has 1 N–H and O–H groups in total. The van der Waals surface area contributed by atoms with Gasteiger partial charge in [-0.15, -0.1) is 11.3 Å². The van der Waals surface area contributed by atoms with Crippen molar-refractivity contribution >= 4 is 17.4 Å². The van der Waals surface area contributed by atoms with Gasteiger partial charge in [0, 0.05) is 24.5 Å². The second-order valence-corrected chi connectivity index (χ2v) is 5.50. The first-order chi connectivity index (χ1) is 8.18. The van der Waals surface area contributed by atoms with Crippen LogP contribution in [0, 0.1) is 0 Å². The Balaban J connectivity index is 1.88. The Labute approximate surface area is 106 Å². The lowest BCUT2D eigenvalue weighted by molar-refractivity contribution is 0.164. The standard InChI is InChI=1S/C12H19N3OS/c1-14(2)10(11-5-3-8-17-11)9-13-12(16)15-6-4-7-15/h3,5,8,10H,4,6-7,9H2,1-2H3,(H,13,16)/t10-/m1/s1. The molecule has 0 aromatic carbocycles. The first kappa shape index (κ1) is 12.4. The molecular weight excluding hydrogens is 234 g/mol. The molecule has 0 spiro atoms. The van der Waals surface area contributed by atoms with Crippen molar-refractivity contribution in [2.45, 2.75) is 12.5 Å². The van der Waals surface area contributed by atoms with E-state index >= 15 is 0 Å². The zero-order valence-electron chi connectivity index (χ0n) is 10.3. The number of carbonyl (C=O) groups is 1. The third kappa shape index (κ3) is 2.98. The van der Waals surface area contributed by atoms with Crippen LogP contribution in [-0.2, 0) is 0 Å². The molecule has 0 bridgehead atoms. The average Bonchev–Trinajstić information content (AvgIpc) is 2.67. The van der Waals surface area contributed by atoms with Gasteiger partial charge in [0.25, 0.3) is 0 Å². The maximum Gasteiger partial charge on any atom is 0.317 e. The van der Waals surface area contributed by atoms with Crippen LogP contribution in [0.4, 0.5) is 4.79 Å². The van der Waals surface area contributed by atoms with E-state index in [1.54, 1.807) is 11.3 Å². The summed E-state index contributed by atoms with van der Waals surface area (Å²) in [6.07, 6.45) is 1.13. The molecule has 94 valence electrons. The van der Waals surface area contributed by atoms with E-state index in [-0.39, 0.29) is 12.1 Å². The monoisotopic (exact) mass is 253 g/mol. The van der Waals surface area contributed by atoms with Gasteiger partial charge in [0.2, 0.25) is 0 Å². The van der Waals surface area contributed by atoms with E-state index in [9.17, 15) is 4.79 Å². The number of urea groups is 1. The summed E-state index contributed by atoms with van der Waals surface area (Å²) < 4.78 is 0. The Morgan fingerprint density at radius 3 is 2.82 bits per heavy atom. The number of hydrogen-bond donors (Lipinski definition) is 1. The molecule has 1 saturated heterocycles. The molecule has 1 atom stereocenters. The van der Waals surface area contributed by atoms with Crippen LogP contribution in [0.1, 0.15) is 17.3 Å². The number of carbonyl (C=O) groups excluding carboxylic acids is 1. The van der Waals surface area contributed by atoms with Crippen molar-refractivity contribution in [3.05, 3.63) is 22.4 Å². The molecule has 2 heterocycles. The molecule has 5 heteroatoms. The van der Waals surface area contributed by atoms with Gasteiger partial charge in [-0.05, 0) is 32.0 Å². The van der Waals surface area contributed by atoms with Crippen molar-refractivity contribution in [1.29, 1.82) is 0 Å². The Kier molecular flexibility index (Phi) is 4.02. The SMILES string of the molecule is CN(C)[C@H](CNC(=O)N1CCC1)c1cccs1. The molecule has 1 aliphatic heterocycles. The highest BCUT2D eigenvalue weighted by molar-refractivity contribution is 7.10. The number of amides is 2. The molecule has 2 amide bonds. The van der Waals surface area contributed by atoms with Gasteiger partial charge in [-0.3, -0.25) is 0 Å². The van der Waals surface area contributed by atoms with Gasteiger partial charge in [-0.1, -0.05) is 6.07 Å². The molecule has 1 aromatic rings. The molecule has 1 aliphatic rings. The summed E-state index contributed by atoms with van der Waals surface area (Å²) in [6.45, 7) is 2.47. The summed E-state index contributed by atoms with van der Waals surface area (Å²) in [7, 11) is 4.08. The topological polar surface area (TPSA) is 35.6 Å². The fraction of sp³-hybridized carbons (Fsp3) is 0.583. The molecule has 0 radical (unpaired) electrons. The molecule has 4 nitrogen and oxygen atoms in total. The van der Waals surface area contributed by atoms with Crippen LogP contribution >= 0.6 is 11.3 Å². The first-order valence-electron chi connectivity index (χ1n) is 5.91. The van der Waals surface area contributed by atoms with Gasteiger partial charge < -0.3 is 15.1 Å². The maximum absolute atomic E-state index is 11.7. The predicted octanol–water partition coefficient (Wildman–Crippen LogP) is 1.77. The smallest absolute Gasteiger partial charge is 0.317 e. The lowest BCUT2D eigenvalue weighted by atomic mass is 10.2. The molecule has 0 unspecified atom stereocenters. The number of hydrogen-bond acceptors (Lipinski definition) is 3. The van der Waals surface area contributed by atoms with Gasteiger partial charge in [-0.2, -0.15) is 0 Å². The minimum Gasteiger partial charge on any atom is -0.336 e. The van der Waals surface area contributed by atoms with E-state index in [1.165, 1.54) is 4.88 Å². The Bertz CT molecular complexity index is 360. The van der Waals surface area contributed by atoms with Crippen LogP contribution in [0.15, 0.2) is 17.5 Å². The molecular formula is C12H19N3OS. The van der Waals surface area contributed by atoms with Gasteiger partial charge in [0.05, 0.1) is 6.04 Å². The largest absolute Gasteiger partial charge is 0.336 e. The summed E-state index contributed by atoms with van der Waals surface area (Å²) >= 11 is 1.73. The highest BCUT2D eigenvalue weighted by atomic mass is 32.1. The second-order valence-electron chi connectivity index (χ2n) is 4.52. The summed E-state index contributed by atoms with van der Waals surface area (Å²) in [6, 6.07) is 4.50. The van der Waals surface area contributed by atoms with Crippen molar-refractivity contribution in [3.63, 3.8) is 0 Å². The zero-order valence-corrected chi connectivity index (χ0v) is 11.2. The lowest BCUT2D eigenvalue weighted by Gasteiger charge is -2.32. The summed E-state index contributed by atoms with van der Waals surface area (Å²) in [4.78, 5) is 17.0. The Morgan fingerprint density at radius 2 is 2.35 bits per heavy atom. The molecule has 0 aliphatic carbocycles. The van der Waals surface area contributed by atoms with Crippen molar-refractivity contribution in [2.24, 2.45) is 0 Å². The number of rotatable bonds is 4. The minimum atomic E-state index is 0.0691. The van der Waals surface area contributed by atoms with Crippen molar-refractivity contribution in [2.75, 3.05) is 33.7 Å². The van der Waals surface area contributed by atoms with Crippen LogP contribution < -0.4 is 5.32 Å². The minimum absolute atomic E-state index is 0.0691. The van der Waals surface area contributed by atoms with Crippen LogP contribution in [0.5, 0.6) is 0 Å². The third-order valence-corrected chi connectivity index (χ3v) is 4.06. The fourth-order valence-corrected chi connectivity index (χ4v) is 2.76. The predicted molar refractivity (Wildman–Crippen MR) is 70.3 cm³/mol. The summed E-state index contributed by atoms with van der Waals surface area (Å²) in [5, 5.41) is 5.08. The zero-order chi connectivity index (χ0) is 12.3.